The lowest BCUT2D eigenvalue weighted by Gasteiger charge is -2.30. The number of thioether (sulfide) groups is 1. The van der Waals surface area contributed by atoms with Crippen LogP contribution in [0.5, 0.6) is 5.75 Å². The third kappa shape index (κ3) is 6.53. The normalized spacial score (nSPS) is 11.6. The number of amides is 2. The summed E-state index contributed by atoms with van der Waals surface area (Å²) >= 11 is 1.58. The number of methoxy groups -OCH3 is 1. The molecule has 0 saturated heterocycles. The van der Waals surface area contributed by atoms with Crippen molar-refractivity contribution in [3.63, 3.8) is 0 Å². The van der Waals surface area contributed by atoms with Gasteiger partial charge in [0.1, 0.15) is 11.8 Å². The summed E-state index contributed by atoms with van der Waals surface area (Å²) in [7, 11) is 3.23. The van der Waals surface area contributed by atoms with Gasteiger partial charge in [-0.05, 0) is 42.2 Å². The number of nitrogens with zero attached hydrogens (tertiary/aromatic N) is 1. The molecule has 0 bridgehead atoms. The lowest BCUT2D eigenvalue weighted by molar-refractivity contribution is -0.139. The van der Waals surface area contributed by atoms with Crippen LogP contribution >= 0.6 is 11.8 Å². The Morgan fingerprint density at radius 1 is 1.14 bits per heavy atom. The van der Waals surface area contributed by atoms with Crippen LogP contribution in [0.3, 0.4) is 0 Å². The molecule has 0 saturated carbocycles. The summed E-state index contributed by atoms with van der Waals surface area (Å²) in [5.41, 5.74) is 3.41. The molecule has 5 nitrogen and oxygen atoms in total. The number of ether oxygens (including phenoxy) is 1. The molecule has 0 aromatic heterocycles. The first kappa shape index (κ1) is 22.8. The van der Waals surface area contributed by atoms with Crippen molar-refractivity contribution < 1.29 is 14.3 Å². The number of benzene rings is 2. The molecule has 0 unspecified atom stereocenters. The van der Waals surface area contributed by atoms with Crippen molar-refractivity contribution in [3.05, 3.63) is 65.2 Å². The molecule has 2 amide bonds. The van der Waals surface area contributed by atoms with E-state index in [1.54, 1.807) is 30.8 Å². The summed E-state index contributed by atoms with van der Waals surface area (Å²) in [5.74, 6) is 1.69. The molecule has 1 atom stereocenters. The van der Waals surface area contributed by atoms with Crippen molar-refractivity contribution in [1.82, 2.24) is 10.2 Å². The smallest absolute Gasteiger partial charge is 0.242 e. The van der Waals surface area contributed by atoms with Crippen LogP contribution in [-0.4, -0.2) is 42.7 Å². The molecular formula is C23H30N2O3S. The Labute approximate surface area is 177 Å². The topological polar surface area (TPSA) is 58.6 Å². The molecule has 0 aliphatic heterocycles. The van der Waals surface area contributed by atoms with Crippen LogP contribution in [0, 0.1) is 6.92 Å². The highest BCUT2D eigenvalue weighted by atomic mass is 32.2. The van der Waals surface area contributed by atoms with Gasteiger partial charge in [-0.3, -0.25) is 9.59 Å². The summed E-state index contributed by atoms with van der Waals surface area (Å²) in [6.45, 7) is 4.39. The summed E-state index contributed by atoms with van der Waals surface area (Å²) in [5, 5.41) is 2.69. The predicted molar refractivity (Wildman–Crippen MR) is 119 cm³/mol. The van der Waals surface area contributed by atoms with Gasteiger partial charge in [-0.25, -0.2) is 0 Å². The number of likely N-dealkylation sites (N-methyl/N-ethyl adjacent to an activating group) is 1. The highest BCUT2D eigenvalue weighted by Crippen LogP contribution is 2.20. The van der Waals surface area contributed by atoms with E-state index in [1.165, 1.54) is 11.1 Å². The minimum absolute atomic E-state index is 0.0325. The summed E-state index contributed by atoms with van der Waals surface area (Å²) in [6.07, 6.45) is 0.560. The van der Waals surface area contributed by atoms with E-state index >= 15 is 0 Å². The molecule has 2 aromatic carbocycles. The number of aryl methyl sites for hydroxylation is 1. The number of carbonyl (C=O) groups is 2. The van der Waals surface area contributed by atoms with Gasteiger partial charge in [-0.2, -0.15) is 0 Å². The monoisotopic (exact) mass is 414 g/mol. The van der Waals surface area contributed by atoms with E-state index in [0.717, 1.165) is 17.1 Å². The van der Waals surface area contributed by atoms with E-state index < -0.39 is 6.04 Å². The van der Waals surface area contributed by atoms with Crippen LogP contribution in [-0.2, 0) is 21.9 Å². The van der Waals surface area contributed by atoms with Gasteiger partial charge in [-0.15, -0.1) is 11.8 Å². The maximum absolute atomic E-state index is 13.1. The average Bonchev–Trinajstić information content (AvgIpc) is 2.75. The highest BCUT2D eigenvalue weighted by Gasteiger charge is 2.27. The van der Waals surface area contributed by atoms with Gasteiger partial charge in [0, 0.05) is 19.3 Å². The maximum Gasteiger partial charge on any atom is 0.242 e. The van der Waals surface area contributed by atoms with Crippen molar-refractivity contribution in [2.45, 2.75) is 38.6 Å². The molecule has 0 heterocycles. The van der Waals surface area contributed by atoms with Crippen LogP contribution < -0.4 is 10.1 Å². The molecule has 2 rings (SSSR count). The Balaban J connectivity index is 2.10. The minimum Gasteiger partial charge on any atom is -0.497 e. The number of rotatable bonds is 10. The second-order valence-electron chi connectivity index (χ2n) is 6.83. The zero-order chi connectivity index (χ0) is 21.2. The van der Waals surface area contributed by atoms with Gasteiger partial charge in [0.25, 0.3) is 0 Å². The highest BCUT2D eigenvalue weighted by molar-refractivity contribution is 7.99. The quantitative estimate of drug-likeness (QED) is 0.643. The second-order valence-corrected chi connectivity index (χ2v) is 7.81. The van der Waals surface area contributed by atoms with Crippen LogP contribution in [0.4, 0.5) is 0 Å². The van der Waals surface area contributed by atoms with Gasteiger partial charge in [0.05, 0.1) is 12.9 Å². The maximum atomic E-state index is 13.1. The summed E-state index contributed by atoms with van der Waals surface area (Å²) in [4.78, 5) is 27.1. The fourth-order valence-corrected chi connectivity index (χ4v) is 4.10. The summed E-state index contributed by atoms with van der Waals surface area (Å²) in [6, 6.07) is 15.3. The number of carbonyl (C=O) groups excluding carboxylic acids is 2. The van der Waals surface area contributed by atoms with E-state index in [9.17, 15) is 9.59 Å². The van der Waals surface area contributed by atoms with Gasteiger partial charge < -0.3 is 15.0 Å². The van der Waals surface area contributed by atoms with Gasteiger partial charge >= 0.3 is 0 Å². The molecule has 0 fully saturated rings. The molecule has 0 aliphatic carbocycles. The van der Waals surface area contributed by atoms with Gasteiger partial charge in [0.15, 0.2) is 0 Å². The second kappa shape index (κ2) is 11.5. The van der Waals surface area contributed by atoms with Crippen molar-refractivity contribution in [1.29, 1.82) is 0 Å². The molecular weight excluding hydrogens is 384 g/mol. The third-order valence-corrected chi connectivity index (χ3v) is 5.85. The predicted octanol–water partition coefficient (Wildman–Crippen LogP) is 3.79. The van der Waals surface area contributed by atoms with Crippen molar-refractivity contribution in [3.8, 4) is 5.75 Å². The third-order valence-electron chi connectivity index (χ3n) is 4.89. The molecule has 0 aliphatic rings. The zero-order valence-corrected chi connectivity index (χ0v) is 18.4. The van der Waals surface area contributed by atoms with Crippen LogP contribution in [0.1, 0.15) is 30.0 Å². The molecule has 1 N–H and O–H groups in total. The minimum atomic E-state index is -0.492. The van der Waals surface area contributed by atoms with E-state index in [2.05, 4.69) is 24.4 Å². The van der Waals surface area contributed by atoms with E-state index in [1.807, 2.05) is 43.3 Å². The van der Waals surface area contributed by atoms with E-state index in [0.29, 0.717) is 18.7 Å². The first-order valence-corrected chi connectivity index (χ1v) is 10.9. The van der Waals surface area contributed by atoms with E-state index in [-0.39, 0.29) is 11.8 Å². The van der Waals surface area contributed by atoms with Crippen LogP contribution in [0.2, 0.25) is 0 Å². The van der Waals surface area contributed by atoms with Crippen molar-refractivity contribution >= 4 is 23.6 Å². The molecule has 0 spiro atoms. The zero-order valence-electron chi connectivity index (χ0n) is 17.6. The lowest BCUT2D eigenvalue weighted by atomic mass is 10.1. The Kier molecular flexibility index (Phi) is 9.06. The first-order valence-electron chi connectivity index (χ1n) is 9.76. The van der Waals surface area contributed by atoms with E-state index in [4.69, 9.17) is 4.74 Å². The Morgan fingerprint density at radius 3 is 2.41 bits per heavy atom. The van der Waals surface area contributed by atoms with Crippen molar-refractivity contribution in [2.24, 2.45) is 0 Å². The SMILES string of the molecule is CC[C@@H](C(=O)NC)N(Cc1ccc(OC)cc1)C(=O)CSCc1ccccc1C. The fraction of sp³-hybridized carbons (Fsp3) is 0.391. The van der Waals surface area contributed by atoms with Crippen molar-refractivity contribution in [2.75, 3.05) is 19.9 Å². The average molecular weight is 415 g/mol. The molecule has 29 heavy (non-hydrogen) atoms. The lowest BCUT2D eigenvalue weighted by Crippen LogP contribution is -2.48. The summed E-state index contributed by atoms with van der Waals surface area (Å²) < 4.78 is 5.20. The molecule has 156 valence electrons. The Bertz CT molecular complexity index is 808. The molecule has 6 heteroatoms. The molecule has 2 aromatic rings. The Morgan fingerprint density at radius 2 is 1.83 bits per heavy atom. The van der Waals surface area contributed by atoms with Gasteiger partial charge in [-0.1, -0.05) is 43.3 Å². The van der Waals surface area contributed by atoms with Crippen LogP contribution in [0.15, 0.2) is 48.5 Å². The van der Waals surface area contributed by atoms with Gasteiger partial charge in [0.2, 0.25) is 11.8 Å². The Hall–Kier alpha value is -2.47. The number of hydrogen-bond acceptors (Lipinski definition) is 4. The fourth-order valence-electron chi connectivity index (χ4n) is 3.12. The largest absolute Gasteiger partial charge is 0.497 e. The van der Waals surface area contributed by atoms with Crippen LogP contribution in [0.25, 0.3) is 0 Å². The first-order chi connectivity index (χ1) is 14.0. The number of nitrogens with one attached hydrogen (secondary N) is 1. The number of hydrogen-bond donors (Lipinski definition) is 1. The standard InChI is InChI=1S/C23H30N2O3S/c1-5-21(23(27)24-3)25(14-18-10-12-20(28-4)13-11-18)22(26)16-29-15-19-9-7-6-8-17(19)2/h6-13,21H,5,14-16H2,1-4H3,(H,24,27)/t21-/m0/s1. The molecule has 0 radical (unpaired) electrons.